The summed E-state index contributed by atoms with van der Waals surface area (Å²) in [7, 11) is 0. The van der Waals surface area contributed by atoms with E-state index in [9.17, 15) is 14.4 Å². The van der Waals surface area contributed by atoms with Crippen molar-refractivity contribution in [1.29, 1.82) is 0 Å². The molecule has 4 atom stereocenters. The van der Waals surface area contributed by atoms with Gasteiger partial charge in [0.2, 0.25) is 11.8 Å². The summed E-state index contributed by atoms with van der Waals surface area (Å²) in [4.78, 5) is 38.9. The molecule has 1 aliphatic heterocycles. The maximum absolute atomic E-state index is 12.8. The van der Waals surface area contributed by atoms with Gasteiger partial charge in [-0.3, -0.25) is 19.3 Å². The minimum absolute atomic E-state index is 0.0436. The highest BCUT2D eigenvalue weighted by Crippen LogP contribution is 2.56. The fourth-order valence-electron chi connectivity index (χ4n) is 5.21. The van der Waals surface area contributed by atoms with Gasteiger partial charge in [-0.25, -0.2) is 0 Å². The Kier molecular flexibility index (Phi) is 5.02. The van der Waals surface area contributed by atoms with Crippen LogP contribution in [0.4, 0.5) is 5.69 Å². The molecule has 1 aromatic rings. The van der Waals surface area contributed by atoms with E-state index in [0.717, 1.165) is 44.9 Å². The van der Waals surface area contributed by atoms with Crippen molar-refractivity contribution in [2.24, 2.45) is 23.7 Å². The molecule has 1 saturated heterocycles. The average molecular weight is 369 g/mol. The van der Waals surface area contributed by atoms with Crippen LogP contribution in [0.2, 0.25) is 0 Å². The highest BCUT2D eigenvalue weighted by atomic mass is 16.5. The fraction of sp³-hybridized carbons (Fsp3) is 0.591. The lowest BCUT2D eigenvalue weighted by molar-refractivity contribution is -0.134. The van der Waals surface area contributed by atoms with Gasteiger partial charge in [-0.1, -0.05) is 26.2 Å². The molecule has 5 heteroatoms. The molecule has 2 aliphatic carbocycles. The summed E-state index contributed by atoms with van der Waals surface area (Å²) in [6, 6.07) is 6.75. The number of rotatable bonds is 7. The van der Waals surface area contributed by atoms with E-state index in [4.69, 9.17) is 4.74 Å². The third-order valence-electron chi connectivity index (χ3n) is 6.49. The molecular weight excluding hydrogens is 342 g/mol. The number of nitrogens with zero attached hydrogens (tertiary/aromatic N) is 1. The first-order valence-corrected chi connectivity index (χ1v) is 10.3. The molecule has 2 bridgehead atoms. The van der Waals surface area contributed by atoms with E-state index in [1.165, 1.54) is 4.90 Å². The number of benzene rings is 1. The number of fused-ring (bicyclic) bond motifs is 5. The number of carbonyl (C=O) groups is 3. The maximum Gasteiger partial charge on any atom is 0.311 e. The van der Waals surface area contributed by atoms with Gasteiger partial charge in [0.05, 0.1) is 17.5 Å². The van der Waals surface area contributed by atoms with Crippen molar-refractivity contribution in [2.75, 3.05) is 4.90 Å². The zero-order valence-electron chi connectivity index (χ0n) is 15.9. The number of anilines is 1. The molecule has 0 radical (unpaired) electrons. The molecule has 0 unspecified atom stereocenters. The van der Waals surface area contributed by atoms with Crippen molar-refractivity contribution in [3.8, 4) is 5.75 Å². The minimum atomic E-state index is -0.238. The van der Waals surface area contributed by atoms with Gasteiger partial charge in [-0.05, 0) is 61.8 Å². The molecule has 1 heterocycles. The van der Waals surface area contributed by atoms with Crippen molar-refractivity contribution in [2.45, 2.75) is 58.3 Å². The van der Waals surface area contributed by atoms with Crippen molar-refractivity contribution in [1.82, 2.24) is 0 Å². The molecule has 0 aromatic heterocycles. The van der Waals surface area contributed by atoms with Crippen molar-refractivity contribution >= 4 is 23.5 Å². The third-order valence-corrected chi connectivity index (χ3v) is 6.49. The second-order valence-electron chi connectivity index (χ2n) is 8.18. The number of hydrogen-bond acceptors (Lipinski definition) is 4. The van der Waals surface area contributed by atoms with Crippen molar-refractivity contribution in [3.63, 3.8) is 0 Å². The largest absolute Gasteiger partial charge is 0.427 e. The van der Waals surface area contributed by atoms with Crippen LogP contribution in [0, 0.1) is 23.7 Å². The SMILES string of the molecule is CCCCCCC(=O)Oc1ccc(N2C(=O)[C@@H]3[C@H]4CC[C@@H](C4)[C@H]3C2=O)cc1. The summed E-state index contributed by atoms with van der Waals surface area (Å²) in [5.41, 5.74) is 0.585. The summed E-state index contributed by atoms with van der Waals surface area (Å²) in [5.74, 6) is 0.671. The third kappa shape index (κ3) is 3.28. The van der Waals surface area contributed by atoms with E-state index in [1.54, 1.807) is 24.3 Å². The van der Waals surface area contributed by atoms with E-state index in [-0.39, 0.29) is 29.6 Å². The molecule has 3 aliphatic rings. The Labute approximate surface area is 160 Å². The van der Waals surface area contributed by atoms with Gasteiger partial charge in [0.15, 0.2) is 0 Å². The van der Waals surface area contributed by atoms with E-state index in [2.05, 4.69) is 6.92 Å². The molecule has 2 saturated carbocycles. The van der Waals surface area contributed by atoms with Gasteiger partial charge in [-0.15, -0.1) is 0 Å². The number of carbonyl (C=O) groups excluding carboxylic acids is 3. The monoisotopic (exact) mass is 369 g/mol. The summed E-state index contributed by atoms with van der Waals surface area (Å²) in [6.07, 6.45) is 7.74. The topological polar surface area (TPSA) is 63.7 Å². The molecule has 0 N–H and O–H groups in total. The zero-order chi connectivity index (χ0) is 19.0. The lowest BCUT2D eigenvalue weighted by atomic mass is 9.81. The highest BCUT2D eigenvalue weighted by molar-refractivity contribution is 6.22. The Bertz CT molecular complexity index is 713. The normalized spacial score (nSPS) is 28.7. The van der Waals surface area contributed by atoms with Gasteiger partial charge in [0, 0.05) is 6.42 Å². The van der Waals surface area contributed by atoms with E-state index in [1.807, 2.05) is 0 Å². The summed E-state index contributed by atoms with van der Waals surface area (Å²) in [6.45, 7) is 2.13. The van der Waals surface area contributed by atoms with Crippen LogP contribution in [0.15, 0.2) is 24.3 Å². The molecule has 3 fully saturated rings. The molecule has 0 spiro atoms. The van der Waals surface area contributed by atoms with Crippen LogP contribution in [-0.4, -0.2) is 17.8 Å². The maximum atomic E-state index is 12.8. The molecule has 144 valence electrons. The summed E-state index contributed by atoms with van der Waals surface area (Å²) < 4.78 is 5.36. The van der Waals surface area contributed by atoms with Gasteiger partial charge >= 0.3 is 5.97 Å². The number of imide groups is 1. The lowest BCUT2D eigenvalue weighted by Gasteiger charge is -2.19. The van der Waals surface area contributed by atoms with E-state index >= 15 is 0 Å². The Hall–Kier alpha value is -2.17. The van der Waals surface area contributed by atoms with E-state index in [0.29, 0.717) is 29.7 Å². The highest BCUT2D eigenvalue weighted by Gasteiger charge is 2.61. The lowest BCUT2D eigenvalue weighted by Crippen LogP contribution is -2.32. The summed E-state index contributed by atoms with van der Waals surface area (Å²) >= 11 is 0. The van der Waals surface area contributed by atoms with Crippen LogP contribution in [0.3, 0.4) is 0 Å². The Morgan fingerprint density at radius 2 is 1.63 bits per heavy atom. The Morgan fingerprint density at radius 3 is 2.22 bits per heavy atom. The molecule has 2 amide bonds. The summed E-state index contributed by atoms with van der Waals surface area (Å²) in [5, 5.41) is 0. The van der Waals surface area contributed by atoms with Gasteiger partial charge in [0.1, 0.15) is 5.75 Å². The first-order chi connectivity index (χ1) is 13.1. The van der Waals surface area contributed by atoms with Crippen molar-refractivity contribution in [3.05, 3.63) is 24.3 Å². The van der Waals surface area contributed by atoms with Crippen LogP contribution in [-0.2, 0) is 14.4 Å². The number of esters is 1. The quantitative estimate of drug-likeness (QED) is 0.314. The first-order valence-electron chi connectivity index (χ1n) is 10.3. The predicted molar refractivity (Wildman–Crippen MR) is 101 cm³/mol. The molecular formula is C22H27NO4. The van der Waals surface area contributed by atoms with Crippen LogP contribution in [0.25, 0.3) is 0 Å². The number of unbranched alkanes of at least 4 members (excludes halogenated alkanes) is 3. The number of ether oxygens (including phenoxy) is 1. The molecule has 5 nitrogen and oxygen atoms in total. The van der Waals surface area contributed by atoms with Crippen LogP contribution in [0.5, 0.6) is 5.75 Å². The Balaban J connectivity index is 1.39. The second-order valence-corrected chi connectivity index (χ2v) is 8.18. The zero-order valence-corrected chi connectivity index (χ0v) is 15.9. The minimum Gasteiger partial charge on any atom is -0.427 e. The van der Waals surface area contributed by atoms with Gasteiger partial charge in [-0.2, -0.15) is 0 Å². The number of hydrogen-bond donors (Lipinski definition) is 0. The molecule has 4 rings (SSSR count). The van der Waals surface area contributed by atoms with Crippen LogP contribution >= 0.6 is 0 Å². The standard InChI is InChI=1S/C22H27NO4/c1-2-3-4-5-6-18(24)27-17-11-9-16(10-12-17)23-21(25)19-14-7-8-15(13-14)20(19)22(23)26/h9-12,14-15,19-20H,2-8,13H2,1H3/t14-,15-,19+,20+/m0/s1. The predicted octanol–water partition coefficient (Wildman–Crippen LogP) is 4.10. The molecule has 1 aromatic carbocycles. The number of amides is 2. The van der Waals surface area contributed by atoms with Crippen LogP contribution in [0.1, 0.15) is 58.3 Å². The van der Waals surface area contributed by atoms with Gasteiger partial charge < -0.3 is 4.74 Å². The first kappa shape index (κ1) is 18.2. The average Bonchev–Trinajstić information content (AvgIpc) is 3.34. The Morgan fingerprint density at radius 1 is 1.00 bits per heavy atom. The van der Waals surface area contributed by atoms with E-state index < -0.39 is 0 Å². The smallest absolute Gasteiger partial charge is 0.311 e. The van der Waals surface area contributed by atoms with Gasteiger partial charge in [0.25, 0.3) is 0 Å². The molecule has 27 heavy (non-hydrogen) atoms. The second kappa shape index (κ2) is 7.45. The fourth-order valence-corrected chi connectivity index (χ4v) is 5.21. The van der Waals surface area contributed by atoms with Crippen molar-refractivity contribution < 1.29 is 19.1 Å². The van der Waals surface area contributed by atoms with Crippen LogP contribution < -0.4 is 9.64 Å².